The second-order valence-corrected chi connectivity index (χ2v) is 7.76. The lowest BCUT2D eigenvalue weighted by Gasteiger charge is -2.32. The molecule has 1 fully saturated rings. The summed E-state index contributed by atoms with van der Waals surface area (Å²) in [6.45, 7) is 10.9. The minimum atomic E-state index is 0. The molecule has 0 atom stereocenters. The molecule has 0 amide bonds. The summed E-state index contributed by atoms with van der Waals surface area (Å²) in [7, 11) is 1.80. The molecule has 160 valence electrons. The molecule has 7 heteroatoms. The molecule has 0 aliphatic carbocycles. The van der Waals surface area contributed by atoms with Crippen molar-refractivity contribution in [2.24, 2.45) is 10.9 Å². The summed E-state index contributed by atoms with van der Waals surface area (Å²) in [6, 6.07) is 8.89. The fraction of sp³-hybridized carbons (Fsp3) is 0.545. The number of hydrogen-bond donors (Lipinski definition) is 2. The summed E-state index contributed by atoms with van der Waals surface area (Å²) >= 11 is 0. The molecule has 2 heterocycles. The average molecular weight is 511 g/mol. The first-order chi connectivity index (χ1) is 13.5. The Balaban J connectivity index is 0.00000300. The van der Waals surface area contributed by atoms with E-state index in [1.54, 1.807) is 7.05 Å². The lowest BCUT2D eigenvalue weighted by molar-refractivity contribution is 0.178. The van der Waals surface area contributed by atoms with E-state index in [-0.39, 0.29) is 24.0 Å². The van der Waals surface area contributed by atoms with E-state index >= 15 is 0 Å². The van der Waals surface area contributed by atoms with E-state index in [9.17, 15) is 0 Å². The van der Waals surface area contributed by atoms with E-state index in [4.69, 9.17) is 4.42 Å². The molecule has 1 aromatic carbocycles. The van der Waals surface area contributed by atoms with Crippen molar-refractivity contribution in [2.45, 2.75) is 46.7 Å². The van der Waals surface area contributed by atoms with Crippen LogP contribution in [-0.4, -0.2) is 42.5 Å². The summed E-state index contributed by atoms with van der Waals surface area (Å²) in [5.74, 6) is 3.05. The van der Waals surface area contributed by atoms with Gasteiger partial charge in [-0.25, -0.2) is 4.98 Å². The van der Waals surface area contributed by atoms with Gasteiger partial charge in [-0.15, -0.1) is 24.0 Å². The molecule has 2 aromatic rings. The van der Waals surface area contributed by atoms with Gasteiger partial charge < -0.3 is 15.1 Å². The van der Waals surface area contributed by atoms with Gasteiger partial charge in [0.1, 0.15) is 5.76 Å². The minimum absolute atomic E-state index is 0. The maximum absolute atomic E-state index is 5.61. The predicted octanol–water partition coefficient (Wildman–Crippen LogP) is 3.80. The van der Waals surface area contributed by atoms with Gasteiger partial charge in [0.25, 0.3) is 0 Å². The molecule has 1 aliphatic rings. The zero-order chi connectivity index (χ0) is 19.9. The quantitative estimate of drug-likeness (QED) is 0.351. The van der Waals surface area contributed by atoms with Crippen LogP contribution in [0.25, 0.3) is 0 Å². The normalized spacial score (nSPS) is 15.8. The van der Waals surface area contributed by atoms with Gasteiger partial charge in [0.05, 0.1) is 12.2 Å². The van der Waals surface area contributed by atoms with Gasteiger partial charge >= 0.3 is 0 Å². The number of nitrogens with zero attached hydrogens (tertiary/aromatic N) is 3. The van der Waals surface area contributed by atoms with E-state index in [1.807, 2.05) is 13.8 Å². The Morgan fingerprint density at radius 2 is 1.83 bits per heavy atom. The maximum Gasteiger partial charge on any atom is 0.214 e. The number of piperidine rings is 1. The standard InChI is InChI=1S/C22H33N5O.HI/c1-16-5-7-20(8-6-16)15-27-11-9-19(10-12-27)13-24-22(23-4)25-14-21-26-17(2)18(3)28-21;/h5-8,19H,9-15H2,1-4H3,(H2,23,24,25);1H. The Morgan fingerprint density at radius 3 is 2.41 bits per heavy atom. The molecule has 1 aliphatic heterocycles. The van der Waals surface area contributed by atoms with E-state index in [2.05, 4.69) is 56.7 Å². The topological polar surface area (TPSA) is 65.7 Å². The highest BCUT2D eigenvalue weighted by Gasteiger charge is 2.19. The van der Waals surface area contributed by atoms with Gasteiger partial charge in [0.15, 0.2) is 5.96 Å². The molecule has 29 heavy (non-hydrogen) atoms. The summed E-state index contributed by atoms with van der Waals surface area (Å²) in [5.41, 5.74) is 3.67. The van der Waals surface area contributed by atoms with Crippen LogP contribution < -0.4 is 10.6 Å². The first-order valence-corrected chi connectivity index (χ1v) is 10.2. The van der Waals surface area contributed by atoms with Crippen molar-refractivity contribution >= 4 is 29.9 Å². The van der Waals surface area contributed by atoms with Crippen molar-refractivity contribution in [1.82, 2.24) is 20.5 Å². The van der Waals surface area contributed by atoms with Crippen molar-refractivity contribution in [3.63, 3.8) is 0 Å². The number of hydrogen-bond acceptors (Lipinski definition) is 4. The number of aromatic nitrogens is 1. The van der Waals surface area contributed by atoms with Gasteiger partial charge in [0, 0.05) is 20.1 Å². The van der Waals surface area contributed by atoms with Crippen molar-refractivity contribution < 1.29 is 4.42 Å². The van der Waals surface area contributed by atoms with Crippen LogP contribution in [0.4, 0.5) is 0 Å². The van der Waals surface area contributed by atoms with Gasteiger partial charge in [-0.2, -0.15) is 0 Å². The average Bonchev–Trinajstić information content (AvgIpc) is 3.02. The van der Waals surface area contributed by atoms with E-state index < -0.39 is 0 Å². The molecular weight excluding hydrogens is 477 g/mol. The zero-order valence-electron chi connectivity index (χ0n) is 18.0. The summed E-state index contributed by atoms with van der Waals surface area (Å²) in [4.78, 5) is 11.3. The summed E-state index contributed by atoms with van der Waals surface area (Å²) in [5, 5.41) is 6.74. The number of aliphatic imine (C=N–C) groups is 1. The molecule has 6 nitrogen and oxygen atoms in total. The fourth-order valence-electron chi connectivity index (χ4n) is 3.54. The second-order valence-electron chi connectivity index (χ2n) is 7.76. The summed E-state index contributed by atoms with van der Waals surface area (Å²) in [6.07, 6.45) is 2.43. The molecule has 0 bridgehead atoms. The molecular formula is C22H34IN5O. The highest BCUT2D eigenvalue weighted by Crippen LogP contribution is 2.18. The number of guanidine groups is 1. The van der Waals surface area contributed by atoms with E-state index in [0.29, 0.717) is 18.4 Å². The Kier molecular flexibility index (Phi) is 9.42. The first kappa shape index (κ1) is 23.7. The Morgan fingerprint density at radius 1 is 1.14 bits per heavy atom. The molecule has 0 spiro atoms. The van der Waals surface area contributed by atoms with Crippen LogP contribution in [0.2, 0.25) is 0 Å². The molecule has 0 radical (unpaired) electrons. The SMILES string of the molecule is CN=C(NCc1nc(C)c(C)o1)NCC1CCN(Cc2ccc(C)cc2)CC1.I. The first-order valence-electron chi connectivity index (χ1n) is 10.2. The maximum atomic E-state index is 5.61. The van der Waals surface area contributed by atoms with Crippen LogP contribution in [0.15, 0.2) is 33.7 Å². The molecule has 2 N–H and O–H groups in total. The monoisotopic (exact) mass is 511 g/mol. The van der Waals surface area contributed by atoms with Crippen molar-refractivity contribution in [3.05, 3.63) is 52.7 Å². The highest BCUT2D eigenvalue weighted by molar-refractivity contribution is 14.0. The Hall–Kier alpha value is -1.61. The number of likely N-dealkylation sites (tertiary alicyclic amines) is 1. The Bertz CT molecular complexity index is 760. The third-order valence-corrected chi connectivity index (χ3v) is 5.50. The van der Waals surface area contributed by atoms with Crippen LogP contribution in [0.3, 0.4) is 0 Å². The minimum Gasteiger partial charge on any atom is -0.444 e. The number of benzene rings is 1. The third kappa shape index (κ3) is 7.29. The largest absolute Gasteiger partial charge is 0.444 e. The van der Waals surface area contributed by atoms with Crippen LogP contribution in [0.5, 0.6) is 0 Å². The van der Waals surface area contributed by atoms with Crippen molar-refractivity contribution in [1.29, 1.82) is 0 Å². The molecule has 0 saturated carbocycles. The molecule has 0 unspecified atom stereocenters. The smallest absolute Gasteiger partial charge is 0.214 e. The number of aryl methyl sites for hydroxylation is 3. The van der Waals surface area contributed by atoms with Crippen LogP contribution in [0, 0.1) is 26.7 Å². The van der Waals surface area contributed by atoms with Crippen LogP contribution >= 0.6 is 24.0 Å². The second kappa shape index (κ2) is 11.5. The van der Waals surface area contributed by atoms with Gasteiger partial charge in [-0.1, -0.05) is 29.8 Å². The van der Waals surface area contributed by atoms with E-state index in [0.717, 1.165) is 43.6 Å². The van der Waals surface area contributed by atoms with Gasteiger partial charge in [0.2, 0.25) is 5.89 Å². The number of rotatable bonds is 6. The lowest BCUT2D eigenvalue weighted by atomic mass is 9.96. The van der Waals surface area contributed by atoms with E-state index in [1.165, 1.54) is 24.0 Å². The fourth-order valence-corrected chi connectivity index (χ4v) is 3.54. The van der Waals surface area contributed by atoms with Crippen LogP contribution in [0.1, 0.15) is 41.3 Å². The Labute approximate surface area is 191 Å². The molecule has 1 saturated heterocycles. The van der Waals surface area contributed by atoms with Crippen molar-refractivity contribution in [2.75, 3.05) is 26.7 Å². The van der Waals surface area contributed by atoms with Crippen molar-refractivity contribution in [3.8, 4) is 0 Å². The van der Waals surface area contributed by atoms with Gasteiger partial charge in [-0.3, -0.25) is 9.89 Å². The zero-order valence-corrected chi connectivity index (χ0v) is 20.3. The highest BCUT2D eigenvalue weighted by atomic mass is 127. The molecule has 1 aromatic heterocycles. The lowest BCUT2D eigenvalue weighted by Crippen LogP contribution is -2.42. The molecule has 3 rings (SSSR count). The van der Waals surface area contributed by atoms with Crippen LogP contribution in [-0.2, 0) is 13.1 Å². The number of halogens is 1. The number of nitrogens with one attached hydrogen (secondary N) is 2. The summed E-state index contributed by atoms with van der Waals surface area (Å²) < 4.78 is 5.61. The predicted molar refractivity (Wildman–Crippen MR) is 129 cm³/mol. The third-order valence-electron chi connectivity index (χ3n) is 5.50. The van der Waals surface area contributed by atoms with Gasteiger partial charge in [-0.05, 0) is 58.2 Å². The number of oxazole rings is 1.